The number of rotatable bonds is 9. The van der Waals surface area contributed by atoms with Crippen LogP contribution in [0.5, 0.6) is 11.5 Å². The van der Waals surface area contributed by atoms with Crippen LogP contribution in [0.15, 0.2) is 85.1 Å². The Hall–Kier alpha value is -4.93. The number of urea groups is 1. The van der Waals surface area contributed by atoms with Crippen LogP contribution in [-0.2, 0) is 11.0 Å². The third-order valence-electron chi connectivity index (χ3n) is 7.59. The molecule has 0 bridgehead atoms. The molecule has 4 aromatic rings. The molecule has 3 aromatic carbocycles. The number of amides is 3. The smallest absolute Gasteiger partial charge is 0.418 e. The first-order valence-corrected chi connectivity index (χ1v) is 14.2. The molecule has 11 heteroatoms. The van der Waals surface area contributed by atoms with Crippen LogP contribution >= 0.6 is 0 Å². The maximum Gasteiger partial charge on any atom is 0.418 e. The fourth-order valence-corrected chi connectivity index (χ4v) is 5.48. The number of alkyl halides is 3. The molecule has 5 rings (SSSR count). The van der Waals surface area contributed by atoms with Gasteiger partial charge < -0.3 is 24.3 Å². The van der Waals surface area contributed by atoms with E-state index in [1.54, 1.807) is 31.3 Å². The Morgan fingerprint density at radius 3 is 2.36 bits per heavy atom. The molecule has 0 radical (unpaired) electrons. The van der Waals surface area contributed by atoms with Crippen LogP contribution in [0.1, 0.15) is 42.6 Å². The van der Waals surface area contributed by atoms with E-state index in [4.69, 9.17) is 9.47 Å². The molecule has 2 heterocycles. The summed E-state index contributed by atoms with van der Waals surface area (Å²) in [6.07, 6.45) is -1.49. The van der Waals surface area contributed by atoms with Gasteiger partial charge in [0.05, 0.1) is 42.5 Å². The molecule has 0 fully saturated rings. The minimum Gasteiger partial charge on any atom is -0.497 e. The molecule has 1 atom stereocenters. The van der Waals surface area contributed by atoms with Gasteiger partial charge in [0.25, 0.3) is 0 Å². The second kappa shape index (κ2) is 12.7. The first-order valence-electron chi connectivity index (χ1n) is 14.2. The molecule has 1 unspecified atom stereocenters. The van der Waals surface area contributed by atoms with E-state index >= 15 is 0 Å². The summed E-state index contributed by atoms with van der Waals surface area (Å²) in [6, 6.07) is 19.9. The first kappa shape index (κ1) is 30.5. The Kier molecular flexibility index (Phi) is 8.84. The van der Waals surface area contributed by atoms with Crippen molar-refractivity contribution < 1.29 is 32.2 Å². The van der Waals surface area contributed by atoms with Crippen molar-refractivity contribution in [3.63, 3.8) is 0 Å². The van der Waals surface area contributed by atoms with Crippen molar-refractivity contribution in [3.8, 4) is 17.2 Å². The molecule has 3 amide bonds. The highest BCUT2D eigenvalue weighted by Gasteiger charge is 2.39. The summed E-state index contributed by atoms with van der Waals surface area (Å²) in [6.45, 7) is 1.72. The molecule has 0 spiro atoms. The number of aromatic nitrogens is 1. The van der Waals surface area contributed by atoms with E-state index < -0.39 is 29.7 Å². The average Bonchev–Trinajstić information content (AvgIpc) is 3.52. The van der Waals surface area contributed by atoms with Gasteiger partial charge in [-0.1, -0.05) is 37.6 Å². The van der Waals surface area contributed by atoms with Gasteiger partial charge in [0.2, 0.25) is 5.91 Å². The predicted molar refractivity (Wildman–Crippen MR) is 162 cm³/mol. The average molecular weight is 607 g/mol. The van der Waals surface area contributed by atoms with Crippen molar-refractivity contribution in [1.29, 1.82) is 0 Å². The van der Waals surface area contributed by atoms with E-state index in [1.807, 2.05) is 60.2 Å². The Balaban J connectivity index is 1.55. The molecule has 44 heavy (non-hydrogen) atoms. The second-order valence-electron chi connectivity index (χ2n) is 10.3. The third-order valence-corrected chi connectivity index (χ3v) is 7.59. The number of methoxy groups -OCH3 is 2. The van der Waals surface area contributed by atoms with Crippen molar-refractivity contribution in [1.82, 2.24) is 9.47 Å². The number of carbonyl (C=O) groups is 2. The summed E-state index contributed by atoms with van der Waals surface area (Å²) < 4.78 is 54.2. The lowest BCUT2D eigenvalue weighted by atomic mass is 9.96. The SMILES string of the molecule is CCCCN(CC(=O)N1c2ccccc2-n2cccc2C1c1cc(OC)ccc1OC)C(=O)Nc1ccccc1C(F)(F)F. The number of halogens is 3. The summed E-state index contributed by atoms with van der Waals surface area (Å²) in [7, 11) is 3.09. The zero-order valence-corrected chi connectivity index (χ0v) is 24.6. The van der Waals surface area contributed by atoms with Gasteiger partial charge >= 0.3 is 12.2 Å². The molecule has 0 aliphatic carbocycles. The Morgan fingerprint density at radius 1 is 0.932 bits per heavy atom. The van der Waals surface area contributed by atoms with Gasteiger partial charge in [-0.25, -0.2) is 4.79 Å². The fraction of sp³-hybridized carbons (Fsp3) is 0.273. The zero-order valence-electron chi connectivity index (χ0n) is 24.6. The van der Waals surface area contributed by atoms with Crippen LogP contribution in [-0.4, -0.2) is 48.7 Å². The quantitative estimate of drug-likeness (QED) is 0.217. The zero-order chi connectivity index (χ0) is 31.4. The number of fused-ring (bicyclic) bond motifs is 3. The molecule has 0 saturated heterocycles. The Morgan fingerprint density at radius 2 is 1.66 bits per heavy atom. The van der Waals surface area contributed by atoms with Crippen LogP contribution in [0.4, 0.5) is 29.3 Å². The largest absolute Gasteiger partial charge is 0.497 e. The Labute approximate surface area is 253 Å². The lowest BCUT2D eigenvalue weighted by Gasteiger charge is -2.40. The molecule has 0 saturated carbocycles. The third kappa shape index (κ3) is 5.95. The molecule has 1 aliphatic rings. The van der Waals surface area contributed by atoms with E-state index in [9.17, 15) is 22.8 Å². The van der Waals surface area contributed by atoms with Crippen LogP contribution < -0.4 is 19.7 Å². The molecular weight excluding hydrogens is 573 g/mol. The highest BCUT2D eigenvalue weighted by molar-refractivity contribution is 6.01. The van der Waals surface area contributed by atoms with Crippen LogP contribution in [0.2, 0.25) is 0 Å². The normalized spacial score (nSPS) is 14.0. The van der Waals surface area contributed by atoms with Gasteiger partial charge in [-0.15, -0.1) is 0 Å². The van der Waals surface area contributed by atoms with E-state index in [0.717, 1.165) is 17.4 Å². The maximum atomic E-state index is 14.4. The van der Waals surface area contributed by atoms with Gasteiger partial charge in [0.15, 0.2) is 0 Å². The number of anilines is 2. The van der Waals surface area contributed by atoms with Crippen molar-refractivity contribution in [2.45, 2.75) is 32.0 Å². The predicted octanol–water partition coefficient (Wildman–Crippen LogP) is 7.28. The number of carbonyl (C=O) groups excluding carboxylic acids is 2. The van der Waals surface area contributed by atoms with Gasteiger partial charge in [-0.05, 0) is 61.0 Å². The molecule has 8 nitrogen and oxygen atoms in total. The topological polar surface area (TPSA) is 76.0 Å². The number of unbranched alkanes of at least 4 members (excludes halogenated alkanes) is 1. The first-order chi connectivity index (χ1) is 21.2. The summed E-state index contributed by atoms with van der Waals surface area (Å²) in [5.41, 5.74) is 1.48. The minimum absolute atomic E-state index is 0.168. The summed E-state index contributed by atoms with van der Waals surface area (Å²) in [5.74, 6) is 0.678. The van der Waals surface area contributed by atoms with Gasteiger partial charge in [0, 0.05) is 18.3 Å². The number of para-hydroxylation sites is 3. The highest BCUT2D eigenvalue weighted by atomic mass is 19.4. The number of nitrogens with one attached hydrogen (secondary N) is 1. The van der Waals surface area contributed by atoms with Gasteiger partial charge in [0.1, 0.15) is 24.1 Å². The molecule has 1 aliphatic heterocycles. The molecule has 230 valence electrons. The Bertz CT molecular complexity index is 1650. The molecular formula is C33H33F3N4O4. The summed E-state index contributed by atoms with van der Waals surface area (Å²) in [4.78, 5) is 30.8. The van der Waals surface area contributed by atoms with E-state index in [2.05, 4.69) is 5.32 Å². The minimum atomic E-state index is -4.66. The van der Waals surface area contributed by atoms with Crippen molar-refractivity contribution in [3.05, 3.63) is 102 Å². The number of hydrogen-bond acceptors (Lipinski definition) is 4. The highest BCUT2D eigenvalue weighted by Crippen LogP contribution is 2.45. The van der Waals surface area contributed by atoms with Crippen molar-refractivity contribution in [2.75, 3.05) is 37.5 Å². The van der Waals surface area contributed by atoms with Gasteiger partial charge in [-0.3, -0.25) is 9.69 Å². The maximum absolute atomic E-state index is 14.4. The van der Waals surface area contributed by atoms with Crippen LogP contribution in [0.25, 0.3) is 5.69 Å². The van der Waals surface area contributed by atoms with Crippen molar-refractivity contribution >= 4 is 23.3 Å². The summed E-state index contributed by atoms with van der Waals surface area (Å²) in [5, 5.41) is 2.40. The number of benzene rings is 3. The fourth-order valence-electron chi connectivity index (χ4n) is 5.48. The number of nitrogens with zero attached hydrogens (tertiary/aromatic N) is 3. The van der Waals surface area contributed by atoms with E-state index in [-0.39, 0.29) is 18.8 Å². The monoisotopic (exact) mass is 606 g/mol. The molecule has 1 N–H and O–H groups in total. The second-order valence-corrected chi connectivity index (χ2v) is 10.3. The summed E-state index contributed by atoms with van der Waals surface area (Å²) >= 11 is 0. The lowest BCUT2D eigenvalue weighted by molar-refractivity contribution is -0.137. The van der Waals surface area contributed by atoms with Crippen LogP contribution in [0, 0.1) is 0 Å². The van der Waals surface area contributed by atoms with Crippen molar-refractivity contribution in [2.24, 2.45) is 0 Å². The van der Waals surface area contributed by atoms with E-state index in [0.29, 0.717) is 35.6 Å². The lowest BCUT2D eigenvalue weighted by Crippen LogP contribution is -2.48. The standard InChI is InChI=1S/C33H33F3N4O4/c1-4-5-18-38(32(42)37-25-12-7-6-11-24(25)33(34,35)36)21-30(41)40-27-14-9-8-13-26(27)39-19-10-15-28(39)31(40)23-20-22(43-2)16-17-29(23)44-3/h6-17,19-20,31H,4-5,18,21H2,1-3H3,(H,37,42). The number of ether oxygens (including phenoxy) is 2. The van der Waals surface area contributed by atoms with Gasteiger partial charge in [-0.2, -0.15) is 13.2 Å². The molecule has 1 aromatic heterocycles. The number of hydrogen-bond donors (Lipinski definition) is 1. The van der Waals surface area contributed by atoms with E-state index in [1.165, 1.54) is 23.1 Å². The van der Waals surface area contributed by atoms with Crippen LogP contribution in [0.3, 0.4) is 0 Å².